The summed E-state index contributed by atoms with van der Waals surface area (Å²) in [6.45, 7) is 10.4. The van der Waals surface area contributed by atoms with Crippen molar-refractivity contribution in [1.82, 2.24) is 0 Å². The van der Waals surface area contributed by atoms with Crippen LogP contribution in [0.4, 0.5) is 0 Å². The molecule has 0 amide bonds. The highest BCUT2D eigenvalue weighted by atomic mass is 28.4. The van der Waals surface area contributed by atoms with Gasteiger partial charge in [0.2, 0.25) is 0 Å². The molecule has 0 unspecified atom stereocenters. The Morgan fingerprint density at radius 3 is 1.93 bits per heavy atom. The lowest BCUT2D eigenvalue weighted by Crippen LogP contribution is -2.50. The molecule has 0 spiro atoms. The summed E-state index contributed by atoms with van der Waals surface area (Å²) < 4.78 is 12.2. The maximum absolute atomic E-state index is 6.10. The van der Waals surface area contributed by atoms with E-state index in [-0.39, 0.29) is 0 Å². The van der Waals surface area contributed by atoms with Crippen molar-refractivity contribution in [2.75, 3.05) is 13.2 Å². The van der Waals surface area contributed by atoms with E-state index in [1.54, 1.807) is 0 Å². The third-order valence-electron chi connectivity index (χ3n) is 3.20. The summed E-state index contributed by atoms with van der Waals surface area (Å²) in [7, 11) is -1.88. The lowest BCUT2D eigenvalue weighted by Gasteiger charge is -2.42. The summed E-state index contributed by atoms with van der Waals surface area (Å²) >= 11 is 0. The molecule has 0 aromatic carbocycles. The van der Waals surface area contributed by atoms with Gasteiger partial charge < -0.3 is 8.85 Å². The Bertz CT molecular complexity index is 172. The van der Waals surface area contributed by atoms with Crippen LogP contribution >= 0.6 is 0 Å². The first-order valence-corrected chi connectivity index (χ1v) is 8.52. The number of rotatable bonds is 7. The monoisotopic (exact) mass is 230 g/mol. The normalized spacial score (nSPS) is 18.2. The maximum Gasteiger partial charge on any atom is 0.341 e. The van der Waals surface area contributed by atoms with Crippen molar-refractivity contribution < 1.29 is 8.85 Å². The second kappa shape index (κ2) is 6.02. The van der Waals surface area contributed by atoms with Crippen molar-refractivity contribution >= 4 is 8.56 Å². The van der Waals surface area contributed by atoms with E-state index in [2.05, 4.69) is 27.7 Å². The molecule has 0 bridgehead atoms. The van der Waals surface area contributed by atoms with Crippen LogP contribution in [0.3, 0.4) is 0 Å². The molecule has 1 fully saturated rings. The predicted octanol–water partition coefficient (Wildman–Crippen LogP) is 3.71. The largest absolute Gasteiger partial charge is 0.394 e. The number of hydrogen-bond acceptors (Lipinski definition) is 2. The van der Waals surface area contributed by atoms with Gasteiger partial charge in [0.1, 0.15) is 0 Å². The van der Waals surface area contributed by atoms with Crippen LogP contribution in [0.5, 0.6) is 0 Å². The van der Waals surface area contributed by atoms with Crippen LogP contribution in [-0.2, 0) is 8.85 Å². The van der Waals surface area contributed by atoms with Crippen LogP contribution in [-0.4, -0.2) is 21.8 Å². The summed E-state index contributed by atoms with van der Waals surface area (Å²) in [6.07, 6.45) is 4.04. The predicted molar refractivity (Wildman–Crippen MR) is 66.3 cm³/mol. The molecule has 0 aromatic heterocycles. The van der Waals surface area contributed by atoms with Crippen molar-refractivity contribution in [3.05, 3.63) is 0 Å². The van der Waals surface area contributed by atoms with Gasteiger partial charge in [-0.1, -0.05) is 20.3 Å². The Hall–Kier alpha value is 0.137. The summed E-state index contributed by atoms with van der Waals surface area (Å²) in [5.74, 6) is 0.690. The average Bonchev–Trinajstić information content (AvgIpc) is 1.99. The minimum atomic E-state index is -1.88. The van der Waals surface area contributed by atoms with Crippen LogP contribution in [0, 0.1) is 5.92 Å². The zero-order valence-electron chi connectivity index (χ0n) is 10.7. The van der Waals surface area contributed by atoms with Crippen LogP contribution in [0.1, 0.15) is 47.0 Å². The molecule has 2 nitrogen and oxygen atoms in total. The third-order valence-corrected chi connectivity index (χ3v) is 7.96. The standard InChI is InChI=1S/C12H26O2Si/c1-5-13-15(14-6-2,10-11(3)4)12-8-7-9-12/h11-12H,5-10H2,1-4H3. The van der Waals surface area contributed by atoms with Crippen LogP contribution in [0.15, 0.2) is 0 Å². The van der Waals surface area contributed by atoms with Crippen molar-refractivity contribution in [2.24, 2.45) is 5.92 Å². The molecule has 90 valence electrons. The highest BCUT2D eigenvalue weighted by molar-refractivity contribution is 6.69. The average molecular weight is 230 g/mol. The SMILES string of the molecule is CCO[Si](CC(C)C)(OCC)C1CCC1. The molecule has 0 N–H and O–H groups in total. The molecular weight excluding hydrogens is 204 g/mol. The first kappa shape index (κ1) is 13.2. The Morgan fingerprint density at radius 1 is 1.13 bits per heavy atom. The van der Waals surface area contributed by atoms with Gasteiger partial charge in [-0.15, -0.1) is 0 Å². The molecule has 0 heterocycles. The first-order chi connectivity index (χ1) is 7.14. The summed E-state index contributed by atoms with van der Waals surface area (Å²) in [5.41, 5.74) is 0.764. The molecule has 1 aliphatic carbocycles. The van der Waals surface area contributed by atoms with Crippen molar-refractivity contribution in [3.8, 4) is 0 Å². The lowest BCUT2D eigenvalue weighted by molar-refractivity contribution is 0.154. The molecule has 0 atom stereocenters. The van der Waals surface area contributed by atoms with E-state index in [1.807, 2.05) is 0 Å². The zero-order valence-corrected chi connectivity index (χ0v) is 11.7. The van der Waals surface area contributed by atoms with Gasteiger partial charge in [-0.25, -0.2) is 0 Å². The van der Waals surface area contributed by atoms with E-state index in [0.29, 0.717) is 5.92 Å². The van der Waals surface area contributed by atoms with E-state index < -0.39 is 8.56 Å². The van der Waals surface area contributed by atoms with E-state index >= 15 is 0 Å². The fourth-order valence-electron chi connectivity index (χ4n) is 2.47. The van der Waals surface area contributed by atoms with Crippen LogP contribution < -0.4 is 0 Å². The Kier molecular flexibility index (Phi) is 5.30. The molecule has 1 aliphatic rings. The van der Waals surface area contributed by atoms with E-state index in [9.17, 15) is 0 Å². The molecule has 0 saturated heterocycles. The molecule has 1 saturated carbocycles. The van der Waals surface area contributed by atoms with Gasteiger partial charge >= 0.3 is 8.56 Å². The quantitative estimate of drug-likeness (QED) is 0.621. The summed E-state index contributed by atoms with van der Waals surface area (Å²) in [6, 6.07) is 1.17. The summed E-state index contributed by atoms with van der Waals surface area (Å²) in [4.78, 5) is 0. The van der Waals surface area contributed by atoms with E-state index in [1.165, 1.54) is 25.3 Å². The molecule has 0 radical (unpaired) electrons. The fraction of sp³-hybridized carbons (Fsp3) is 1.00. The van der Waals surface area contributed by atoms with Gasteiger partial charge in [-0.3, -0.25) is 0 Å². The van der Waals surface area contributed by atoms with Gasteiger partial charge in [0.05, 0.1) is 0 Å². The molecule has 3 heteroatoms. The summed E-state index contributed by atoms with van der Waals surface area (Å²) in [5, 5.41) is 0. The molecule has 0 aliphatic heterocycles. The lowest BCUT2D eigenvalue weighted by atomic mass is 10.00. The highest BCUT2D eigenvalue weighted by Gasteiger charge is 2.48. The van der Waals surface area contributed by atoms with Gasteiger partial charge in [0, 0.05) is 18.8 Å². The molecular formula is C12H26O2Si. The second-order valence-electron chi connectivity index (χ2n) is 4.90. The molecule has 1 rings (SSSR count). The van der Waals surface area contributed by atoms with Gasteiger partial charge in [0.25, 0.3) is 0 Å². The molecule has 15 heavy (non-hydrogen) atoms. The first-order valence-electron chi connectivity index (χ1n) is 6.42. The molecule has 0 aromatic rings. The third kappa shape index (κ3) is 3.30. The van der Waals surface area contributed by atoms with Gasteiger partial charge in [-0.05, 0) is 38.7 Å². The maximum atomic E-state index is 6.10. The Balaban J connectivity index is 2.67. The van der Waals surface area contributed by atoms with Crippen LogP contribution in [0.2, 0.25) is 11.6 Å². The zero-order chi connectivity index (χ0) is 11.3. The van der Waals surface area contributed by atoms with E-state index in [0.717, 1.165) is 18.8 Å². The Morgan fingerprint density at radius 2 is 1.67 bits per heavy atom. The Labute approximate surface area is 95.6 Å². The van der Waals surface area contributed by atoms with Gasteiger partial charge in [-0.2, -0.15) is 0 Å². The fourth-order valence-corrected chi connectivity index (χ4v) is 6.99. The minimum absolute atomic E-state index is 0.690. The smallest absolute Gasteiger partial charge is 0.341 e. The number of hydrogen-bond donors (Lipinski definition) is 0. The topological polar surface area (TPSA) is 18.5 Å². The van der Waals surface area contributed by atoms with Crippen LogP contribution in [0.25, 0.3) is 0 Å². The van der Waals surface area contributed by atoms with Gasteiger partial charge in [0.15, 0.2) is 0 Å². The van der Waals surface area contributed by atoms with Crippen molar-refractivity contribution in [3.63, 3.8) is 0 Å². The van der Waals surface area contributed by atoms with E-state index in [4.69, 9.17) is 8.85 Å². The second-order valence-corrected chi connectivity index (χ2v) is 8.33. The van der Waals surface area contributed by atoms with Crippen molar-refractivity contribution in [1.29, 1.82) is 0 Å². The highest BCUT2D eigenvalue weighted by Crippen LogP contribution is 2.45. The van der Waals surface area contributed by atoms with Crippen molar-refractivity contribution in [2.45, 2.75) is 58.5 Å². The minimum Gasteiger partial charge on any atom is -0.394 e.